The Bertz CT molecular complexity index is 521. The van der Waals surface area contributed by atoms with Gasteiger partial charge in [0.1, 0.15) is 11.9 Å². The van der Waals surface area contributed by atoms with Gasteiger partial charge in [0.15, 0.2) is 0 Å². The monoisotopic (exact) mass is 243 g/mol. The van der Waals surface area contributed by atoms with Crippen molar-refractivity contribution in [1.82, 2.24) is 0 Å². The molecule has 3 rings (SSSR count). The Kier molecular flexibility index (Phi) is 2.84. The van der Waals surface area contributed by atoms with E-state index < -0.39 is 6.10 Å². The lowest BCUT2D eigenvalue weighted by Crippen LogP contribution is -2.33. The molecule has 0 spiro atoms. The number of rotatable bonds is 3. The first-order valence-electron chi connectivity index (χ1n) is 6.31. The molecule has 2 aromatic rings. The minimum absolute atomic E-state index is 0.423. The third-order valence-corrected chi connectivity index (χ3v) is 3.59. The average molecular weight is 243 g/mol. The molecule has 0 bridgehead atoms. The second-order valence-corrected chi connectivity index (χ2v) is 4.87. The molecule has 2 unspecified atom stereocenters. The van der Waals surface area contributed by atoms with E-state index in [1.54, 1.807) is 12.3 Å². The van der Waals surface area contributed by atoms with Crippen LogP contribution in [0.1, 0.15) is 24.4 Å². The van der Waals surface area contributed by atoms with Gasteiger partial charge < -0.3 is 14.4 Å². The van der Waals surface area contributed by atoms with Crippen molar-refractivity contribution in [2.75, 3.05) is 11.4 Å². The van der Waals surface area contributed by atoms with Crippen LogP contribution in [0, 0.1) is 0 Å². The standard InChI is InChI=1S/C15H17NO2/c1-11-9-12-5-2-3-6-13(12)16(11)10-14(17)15-7-4-8-18-15/h2-8,11,14,17H,9-10H2,1H3. The van der Waals surface area contributed by atoms with Crippen LogP contribution in [0.5, 0.6) is 0 Å². The van der Waals surface area contributed by atoms with Gasteiger partial charge in [0, 0.05) is 11.7 Å². The number of hydrogen-bond donors (Lipinski definition) is 1. The van der Waals surface area contributed by atoms with E-state index in [-0.39, 0.29) is 0 Å². The molecule has 3 nitrogen and oxygen atoms in total. The van der Waals surface area contributed by atoms with Crippen LogP contribution in [0.15, 0.2) is 47.1 Å². The molecule has 1 N–H and O–H groups in total. The topological polar surface area (TPSA) is 36.6 Å². The van der Waals surface area contributed by atoms with E-state index in [0.29, 0.717) is 18.3 Å². The molecule has 0 fully saturated rings. The number of para-hydroxylation sites is 1. The predicted molar refractivity (Wildman–Crippen MR) is 70.6 cm³/mol. The second-order valence-electron chi connectivity index (χ2n) is 4.87. The third-order valence-electron chi connectivity index (χ3n) is 3.59. The minimum atomic E-state index is -0.575. The number of hydrogen-bond acceptors (Lipinski definition) is 3. The molecule has 1 aromatic carbocycles. The van der Waals surface area contributed by atoms with Crippen LogP contribution in [0.3, 0.4) is 0 Å². The Morgan fingerprint density at radius 2 is 2.17 bits per heavy atom. The quantitative estimate of drug-likeness (QED) is 0.900. The van der Waals surface area contributed by atoms with Crippen molar-refractivity contribution in [2.45, 2.75) is 25.5 Å². The predicted octanol–water partition coefficient (Wildman–Crippen LogP) is 2.76. The highest BCUT2D eigenvalue weighted by Crippen LogP contribution is 2.33. The van der Waals surface area contributed by atoms with Crippen molar-refractivity contribution in [2.24, 2.45) is 0 Å². The van der Waals surface area contributed by atoms with Crippen molar-refractivity contribution in [3.05, 3.63) is 54.0 Å². The maximum absolute atomic E-state index is 10.2. The van der Waals surface area contributed by atoms with Crippen LogP contribution in [0.25, 0.3) is 0 Å². The Morgan fingerprint density at radius 3 is 2.94 bits per heavy atom. The van der Waals surface area contributed by atoms with Crippen molar-refractivity contribution >= 4 is 5.69 Å². The molecule has 1 aliphatic rings. The highest BCUT2D eigenvalue weighted by Gasteiger charge is 2.27. The molecule has 2 atom stereocenters. The van der Waals surface area contributed by atoms with Crippen LogP contribution in [-0.4, -0.2) is 17.7 Å². The first-order valence-corrected chi connectivity index (χ1v) is 6.31. The molecule has 1 aliphatic heterocycles. The second kappa shape index (κ2) is 4.50. The summed E-state index contributed by atoms with van der Waals surface area (Å²) < 4.78 is 5.25. The van der Waals surface area contributed by atoms with Crippen molar-refractivity contribution in [3.63, 3.8) is 0 Å². The summed E-state index contributed by atoms with van der Waals surface area (Å²) in [6.07, 6.45) is 2.06. The molecule has 18 heavy (non-hydrogen) atoms. The minimum Gasteiger partial charge on any atom is -0.467 e. The molecule has 0 saturated heterocycles. The molecule has 0 aliphatic carbocycles. The van der Waals surface area contributed by atoms with E-state index in [1.807, 2.05) is 12.1 Å². The largest absolute Gasteiger partial charge is 0.467 e. The van der Waals surface area contributed by atoms with Gasteiger partial charge in [-0.05, 0) is 37.1 Å². The average Bonchev–Trinajstić information content (AvgIpc) is 2.98. The molecule has 0 saturated carbocycles. The Labute approximate surface area is 107 Å². The fourth-order valence-corrected chi connectivity index (χ4v) is 2.66. The smallest absolute Gasteiger partial charge is 0.134 e. The van der Waals surface area contributed by atoms with Crippen LogP contribution >= 0.6 is 0 Å². The van der Waals surface area contributed by atoms with Gasteiger partial charge in [0.05, 0.1) is 12.8 Å². The van der Waals surface area contributed by atoms with Crippen LogP contribution in [0.4, 0.5) is 5.69 Å². The van der Waals surface area contributed by atoms with Crippen molar-refractivity contribution < 1.29 is 9.52 Å². The Hall–Kier alpha value is -1.74. The van der Waals surface area contributed by atoms with Gasteiger partial charge in [0.2, 0.25) is 0 Å². The summed E-state index contributed by atoms with van der Waals surface area (Å²) in [5.41, 5.74) is 2.59. The first-order chi connectivity index (χ1) is 8.75. The highest BCUT2D eigenvalue weighted by atomic mass is 16.4. The number of furan rings is 1. The number of aliphatic hydroxyl groups is 1. The Morgan fingerprint density at radius 1 is 1.33 bits per heavy atom. The molecule has 1 aromatic heterocycles. The summed E-state index contributed by atoms with van der Waals surface area (Å²) in [5, 5.41) is 10.2. The zero-order valence-corrected chi connectivity index (χ0v) is 10.4. The lowest BCUT2D eigenvalue weighted by atomic mass is 10.1. The molecule has 3 heteroatoms. The summed E-state index contributed by atoms with van der Waals surface area (Å²) in [4.78, 5) is 2.25. The van der Waals surface area contributed by atoms with E-state index in [1.165, 1.54) is 11.3 Å². The summed E-state index contributed by atoms with van der Waals surface area (Å²) in [5.74, 6) is 0.631. The van der Waals surface area contributed by atoms with Crippen molar-refractivity contribution in [3.8, 4) is 0 Å². The SMILES string of the molecule is CC1Cc2ccccc2N1CC(O)c1ccco1. The Balaban J connectivity index is 1.81. The van der Waals surface area contributed by atoms with E-state index in [2.05, 4.69) is 30.0 Å². The van der Waals surface area contributed by atoms with Gasteiger partial charge in [-0.15, -0.1) is 0 Å². The van der Waals surface area contributed by atoms with Gasteiger partial charge in [-0.1, -0.05) is 18.2 Å². The summed E-state index contributed by atoms with van der Waals surface area (Å²) in [7, 11) is 0. The van der Waals surface area contributed by atoms with Crippen LogP contribution in [0.2, 0.25) is 0 Å². The van der Waals surface area contributed by atoms with Crippen LogP contribution in [-0.2, 0) is 6.42 Å². The third kappa shape index (κ3) is 1.91. The molecular weight excluding hydrogens is 226 g/mol. The molecule has 94 valence electrons. The molecule has 0 radical (unpaired) electrons. The number of nitrogens with zero attached hydrogens (tertiary/aromatic N) is 1. The highest BCUT2D eigenvalue weighted by molar-refractivity contribution is 5.59. The van der Waals surface area contributed by atoms with Gasteiger partial charge in [-0.25, -0.2) is 0 Å². The van der Waals surface area contributed by atoms with Crippen LogP contribution < -0.4 is 4.90 Å². The number of aliphatic hydroxyl groups excluding tert-OH is 1. The lowest BCUT2D eigenvalue weighted by molar-refractivity contribution is 0.154. The summed E-state index contributed by atoms with van der Waals surface area (Å²) in [6.45, 7) is 2.76. The number of benzene rings is 1. The molecular formula is C15H17NO2. The van der Waals surface area contributed by atoms with E-state index >= 15 is 0 Å². The number of anilines is 1. The van der Waals surface area contributed by atoms with Gasteiger partial charge in [-0.3, -0.25) is 0 Å². The molecule has 2 heterocycles. The van der Waals surface area contributed by atoms with Crippen molar-refractivity contribution in [1.29, 1.82) is 0 Å². The lowest BCUT2D eigenvalue weighted by Gasteiger charge is -2.26. The summed E-state index contributed by atoms with van der Waals surface area (Å²) >= 11 is 0. The van der Waals surface area contributed by atoms with Gasteiger partial charge in [-0.2, -0.15) is 0 Å². The van der Waals surface area contributed by atoms with E-state index in [0.717, 1.165) is 6.42 Å². The number of fused-ring (bicyclic) bond motifs is 1. The van der Waals surface area contributed by atoms with E-state index in [4.69, 9.17) is 4.42 Å². The molecule has 0 amide bonds. The first kappa shape index (κ1) is 11.4. The van der Waals surface area contributed by atoms with E-state index in [9.17, 15) is 5.11 Å². The maximum atomic E-state index is 10.2. The fraction of sp³-hybridized carbons (Fsp3) is 0.333. The zero-order valence-electron chi connectivity index (χ0n) is 10.4. The zero-order chi connectivity index (χ0) is 12.5. The number of β-amino-alcohol motifs (C(OH)–C–C–N with tert-alkyl or cyclic N) is 1. The maximum Gasteiger partial charge on any atom is 0.134 e. The normalized spacial score (nSPS) is 19.9. The van der Waals surface area contributed by atoms with Gasteiger partial charge >= 0.3 is 0 Å². The van der Waals surface area contributed by atoms with Gasteiger partial charge in [0.25, 0.3) is 0 Å². The summed E-state index contributed by atoms with van der Waals surface area (Å²) in [6, 6.07) is 12.4. The fourth-order valence-electron chi connectivity index (χ4n) is 2.66.